The number of carbonyl (C=O) groups is 2. The van der Waals surface area contributed by atoms with Crippen molar-refractivity contribution < 1.29 is 19.1 Å². The van der Waals surface area contributed by atoms with Gasteiger partial charge in [0, 0.05) is 0 Å². The Hall–Kier alpha value is -1.32. The van der Waals surface area contributed by atoms with Gasteiger partial charge in [-0.1, -0.05) is 12.5 Å². The molecule has 0 aromatic rings. The van der Waals surface area contributed by atoms with Crippen LogP contribution >= 0.6 is 0 Å². The molecule has 1 aliphatic rings. The smallest absolute Gasteiger partial charge is 0.320 e. The Labute approximate surface area is 95.6 Å². The molecular weight excluding hydrogens is 208 g/mol. The van der Waals surface area contributed by atoms with E-state index in [1.165, 1.54) is 14.2 Å². The van der Waals surface area contributed by atoms with Crippen LogP contribution in [0.4, 0.5) is 0 Å². The third-order valence-corrected chi connectivity index (χ3v) is 3.27. The molecule has 0 aromatic carbocycles. The summed E-state index contributed by atoms with van der Waals surface area (Å²) in [5.41, 5.74) is 0. The molecule has 4 nitrogen and oxygen atoms in total. The van der Waals surface area contributed by atoms with Gasteiger partial charge in [-0.25, -0.2) is 0 Å². The lowest BCUT2D eigenvalue weighted by Gasteiger charge is -2.22. The van der Waals surface area contributed by atoms with Crippen molar-refractivity contribution in [2.24, 2.45) is 17.8 Å². The van der Waals surface area contributed by atoms with Gasteiger partial charge in [0.1, 0.15) is 0 Å². The van der Waals surface area contributed by atoms with Gasteiger partial charge in [-0.3, -0.25) is 9.59 Å². The van der Waals surface area contributed by atoms with Crippen LogP contribution in [0.25, 0.3) is 0 Å². The molecule has 0 heterocycles. The lowest BCUT2D eigenvalue weighted by Crippen LogP contribution is -2.34. The number of esters is 2. The largest absolute Gasteiger partial charge is 0.468 e. The minimum absolute atomic E-state index is 0.0302. The first kappa shape index (κ1) is 12.7. The van der Waals surface area contributed by atoms with Crippen LogP contribution in [0.1, 0.15) is 19.3 Å². The Morgan fingerprint density at radius 3 is 2.25 bits per heavy atom. The number of hydrogen-bond acceptors (Lipinski definition) is 4. The summed E-state index contributed by atoms with van der Waals surface area (Å²) in [6, 6.07) is 0. The number of methoxy groups -OCH3 is 2. The standard InChI is InChI=1S/C12H18O4/c1-4-8-6-5-7-9(8)10(11(13)15-2)12(14)16-3/h4,8-10H,1,5-7H2,2-3H3/t8-,9+/m0/s1. The highest BCUT2D eigenvalue weighted by Gasteiger charge is 2.42. The highest BCUT2D eigenvalue weighted by Crippen LogP contribution is 2.38. The van der Waals surface area contributed by atoms with Gasteiger partial charge in [-0.2, -0.15) is 0 Å². The Bertz CT molecular complexity index is 269. The molecule has 0 N–H and O–H groups in total. The van der Waals surface area contributed by atoms with Crippen molar-refractivity contribution >= 4 is 11.9 Å². The van der Waals surface area contributed by atoms with E-state index in [2.05, 4.69) is 16.1 Å². The van der Waals surface area contributed by atoms with Gasteiger partial charge < -0.3 is 9.47 Å². The molecule has 1 aliphatic carbocycles. The quantitative estimate of drug-likeness (QED) is 0.414. The molecule has 0 radical (unpaired) electrons. The third kappa shape index (κ3) is 2.43. The second-order valence-corrected chi connectivity index (χ2v) is 4.02. The molecule has 0 amide bonds. The van der Waals surface area contributed by atoms with Crippen LogP contribution in [-0.4, -0.2) is 26.2 Å². The molecule has 0 saturated heterocycles. The van der Waals surface area contributed by atoms with Crippen LogP contribution in [0.15, 0.2) is 12.7 Å². The van der Waals surface area contributed by atoms with E-state index in [1.807, 2.05) is 6.08 Å². The van der Waals surface area contributed by atoms with Crippen LogP contribution in [-0.2, 0) is 19.1 Å². The van der Waals surface area contributed by atoms with Gasteiger partial charge in [0.2, 0.25) is 0 Å². The van der Waals surface area contributed by atoms with Gasteiger partial charge in [-0.15, -0.1) is 6.58 Å². The molecule has 0 aromatic heterocycles. The zero-order chi connectivity index (χ0) is 12.1. The molecule has 2 atom stereocenters. The van der Waals surface area contributed by atoms with Crippen molar-refractivity contribution in [2.45, 2.75) is 19.3 Å². The summed E-state index contributed by atoms with van der Waals surface area (Å²) in [4.78, 5) is 23.2. The van der Waals surface area contributed by atoms with Gasteiger partial charge in [0.15, 0.2) is 5.92 Å². The fourth-order valence-electron chi connectivity index (χ4n) is 2.42. The lowest BCUT2D eigenvalue weighted by atomic mass is 9.84. The summed E-state index contributed by atoms with van der Waals surface area (Å²) in [6.45, 7) is 3.74. The summed E-state index contributed by atoms with van der Waals surface area (Å²) in [7, 11) is 2.58. The van der Waals surface area contributed by atoms with Gasteiger partial charge in [-0.05, 0) is 24.7 Å². The Morgan fingerprint density at radius 1 is 1.25 bits per heavy atom. The van der Waals surface area contributed by atoms with E-state index in [0.717, 1.165) is 19.3 Å². The van der Waals surface area contributed by atoms with Gasteiger partial charge >= 0.3 is 11.9 Å². The molecule has 1 rings (SSSR count). The number of rotatable bonds is 4. The summed E-state index contributed by atoms with van der Waals surface area (Å²) < 4.78 is 9.33. The molecular formula is C12H18O4. The fourth-order valence-corrected chi connectivity index (χ4v) is 2.42. The van der Waals surface area contributed by atoms with Crippen molar-refractivity contribution in [1.82, 2.24) is 0 Å². The molecule has 0 aliphatic heterocycles. The second kappa shape index (κ2) is 5.68. The first-order valence-electron chi connectivity index (χ1n) is 5.44. The predicted molar refractivity (Wildman–Crippen MR) is 58.6 cm³/mol. The summed E-state index contributed by atoms with van der Waals surface area (Å²) in [5, 5.41) is 0. The van der Waals surface area contributed by atoms with E-state index in [9.17, 15) is 9.59 Å². The van der Waals surface area contributed by atoms with Crippen molar-refractivity contribution in [1.29, 1.82) is 0 Å². The topological polar surface area (TPSA) is 52.6 Å². The molecule has 0 unspecified atom stereocenters. The average molecular weight is 226 g/mol. The zero-order valence-corrected chi connectivity index (χ0v) is 9.77. The van der Waals surface area contributed by atoms with E-state index in [0.29, 0.717) is 0 Å². The van der Waals surface area contributed by atoms with Crippen LogP contribution in [0.5, 0.6) is 0 Å². The molecule has 16 heavy (non-hydrogen) atoms. The highest BCUT2D eigenvalue weighted by molar-refractivity contribution is 5.95. The van der Waals surface area contributed by atoms with Crippen molar-refractivity contribution in [3.63, 3.8) is 0 Å². The number of carbonyl (C=O) groups excluding carboxylic acids is 2. The van der Waals surface area contributed by atoms with Gasteiger partial charge in [0.05, 0.1) is 14.2 Å². The Kier molecular flexibility index (Phi) is 4.52. The zero-order valence-electron chi connectivity index (χ0n) is 9.77. The van der Waals surface area contributed by atoms with Crippen molar-refractivity contribution in [3.8, 4) is 0 Å². The molecule has 90 valence electrons. The van der Waals surface area contributed by atoms with Crippen LogP contribution in [0.3, 0.4) is 0 Å². The minimum atomic E-state index is -0.805. The SMILES string of the molecule is C=C[C@H]1CCC[C@H]1C(C(=O)OC)C(=O)OC. The molecule has 1 saturated carbocycles. The molecule has 1 fully saturated rings. The first-order valence-corrected chi connectivity index (χ1v) is 5.44. The highest BCUT2D eigenvalue weighted by atomic mass is 16.5. The molecule has 0 spiro atoms. The maximum atomic E-state index is 11.6. The average Bonchev–Trinajstić information content (AvgIpc) is 2.76. The molecule has 4 heteroatoms. The Morgan fingerprint density at radius 2 is 1.81 bits per heavy atom. The van der Waals surface area contributed by atoms with E-state index in [1.54, 1.807) is 0 Å². The van der Waals surface area contributed by atoms with Crippen molar-refractivity contribution in [3.05, 3.63) is 12.7 Å². The second-order valence-electron chi connectivity index (χ2n) is 4.02. The monoisotopic (exact) mass is 226 g/mol. The van der Waals surface area contributed by atoms with E-state index in [-0.39, 0.29) is 11.8 Å². The molecule has 0 bridgehead atoms. The normalized spacial score (nSPS) is 24.2. The van der Waals surface area contributed by atoms with E-state index >= 15 is 0 Å². The summed E-state index contributed by atoms with van der Waals surface area (Å²) in [6.07, 6.45) is 4.63. The van der Waals surface area contributed by atoms with Crippen LogP contribution in [0.2, 0.25) is 0 Å². The minimum Gasteiger partial charge on any atom is -0.468 e. The van der Waals surface area contributed by atoms with E-state index < -0.39 is 17.9 Å². The van der Waals surface area contributed by atoms with Crippen LogP contribution in [0, 0.1) is 17.8 Å². The third-order valence-electron chi connectivity index (χ3n) is 3.27. The number of hydrogen-bond donors (Lipinski definition) is 0. The van der Waals surface area contributed by atoms with Gasteiger partial charge in [0.25, 0.3) is 0 Å². The summed E-state index contributed by atoms with van der Waals surface area (Å²) >= 11 is 0. The number of allylic oxidation sites excluding steroid dienone is 1. The lowest BCUT2D eigenvalue weighted by molar-refractivity contribution is -0.162. The van der Waals surface area contributed by atoms with Crippen LogP contribution < -0.4 is 0 Å². The first-order chi connectivity index (χ1) is 7.65. The van der Waals surface area contributed by atoms with Crippen molar-refractivity contribution in [2.75, 3.05) is 14.2 Å². The number of ether oxygens (including phenoxy) is 2. The maximum Gasteiger partial charge on any atom is 0.320 e. The van der Waals surface area contributed by atoms with E-state index in [4.69, 9.17) is 0 Å². The summed E-state index contributed by atoms with van der Waals surface area (Å²) in [5.74, 6) is -1.66. The fraction of sp³-hybridized carbons (Fsp3) is 0.667. The predicted octanol–water partition coefficient (Wildman–Crippen LogP) is 1.55. The Balaban J connectivity index is 2.87. The maximum absolute atomic E-state index is 11.6.